The second kappa shape index (κ2) is 6.64. The first-order valence-electron chi connectivity index (χ1n) is 5.47. The predicted octanol–water partition coefficient (Wildman–Crippen LogP) is 2.23. The van der Waals surface area contributed by atoms with Gasteiger partial charge in [-0.05, 0) is 31.8 Å². The minimum atomic E-state index is -0.274. The molecule has 0 aromatic heterocycles. The average Bonchev–Trinajstić information content (AvgIpc) is 2.27. The van der Waals surface area contributed by atoms with Crippen molar-refractivity contribution in [3.8, 4) is 0 Å². The molecule has 15 heavy (non-hydrogen) atoms. The van der Waals surface area contributed by atoms with Gasteiger partial charge in [0.1, 0.15) is 0 Å². The van der Waals surface area contributed by atoms with Crippen LogP contribution in [0.5, 0.6) is 0 Å². The molecule has 1 N–H and O–H groups in total. The van der Waals surface area contributed by atoms with Gasteiger partial charge in [-0.2, -0.15) is 0 Å². The molecule has 0 radical (unpaired) electrons. The molecule has 0 bridgehead atoms. The van der Waals surface area contributed by atoms with Gasteiger partial charge in [-0.3, -0.25) is 0 Å². The van der Waals surface area contributed by atoms with Gasteiger partial charge < -0.3 is 14.6 Å². The number of hydrogen-bond acceptors (Lipinski definition) is 3. The highest BCUT2D eigenvalue weighted by atomic mass is 16.7. The van der Waals surface area contributed by atoms with E-state index in [2.05, 4.69) is 12.7 Å². The van der Waals surface area contributed by atoms with E-state index in [0.29, 0.717) is 12.5 Å². The lowest BCUT2D eigenvalue weighted by molar-refractivity contribution is -0.113. The molecule has 0 saturated carbocycles. The lowest BCUT2D eigenvalue weighted by atomic mass is 9.94. The summed E-state index contributed by atoms with van der Waals surface area (Å²) in [6.45, 7) is 5.99. The Morgan fingerprint density at radius 2 is 2.53 bits per heavy atom. The van der Waals surface area contributed by atoms with Gasteiger partial charge in [0, 0.05) is 6.42 Å². The molecule has 0 aromatic rings. The summed E-state index contributed by atoms with van der Waals surface area (Å²) in [6.07, 6.45) is 6.88. The summed E-state index contributed by atoms with van der Waals surface area (Å²) < 4.78 is 10.8. The van der Waals surface area contributed by atoms with E-state index in [0.717, 1.165) is 25.0 Å². The van der Waals surface area contributed by atoms with Crippen molar-refractivity contribution in [2.24, 2.45) is 5.92 Å². The first-order valence-corrected chi connectivity index (χ1v) is 5.47. The molecular formula is C12H20O3. The minimum absolute atomic E-state index is 0.0330. The summed E-state index contributed by atoms with van der Waals surface area (Å²) in [6, 6.07) is 0. The SMILES string of the molecule is C=CC1CC=C(OC(C)OCCO)CC1. The molecule has 2 atom stereocenters. The van der Waals surface area contributed by atoms with Gasteiger partial charge in [0.25, 0.3) is 0 Å². The van der Waals surface area contributed by atoms with Crippen LogP contribution >= 0.6 is 0 Å². The summed E-state index contributed by atoms with van der Waals surface area (Å²) in [4.78, 5) is 0. The van der Waals surface area contributed by atoms with Crippen LogP contribution in [0.2, 0.25) is 0 Å². The third-order valence-corrected chi connectivity index (χ3v) is 2.50. The third kappa shape index (κ3) is 4.49. The van der Waals surface area contributed by atoms with Crippen molar-refractivity contribution in [1.82, 2.24) is 0 Å². The molecule has 1 aliphatic carbocycles. The van der Waals surface area contributed by atoms with E-state index < -0.39 is 0 Å². The first kappa shape index (κ1) is 12.3. The van der Waals surface area contributed by atoms with Gasteiger partial charge in [-0.1, -0.05) is 6.08 Å². The van der Waals surface area contributed by atoms with Crippen molar-refractivity contribution in [1.29, 1.82) is 0 Å². The van der Waals surface area contributed by atoms with Gasteiger partial charge in [-0.25, -0.2) is 0 Å². The first-order chi connectivity index (χ1) is 7.26. The molecule has 3 nitrogen and oxygen atoms in total. The Bertz CT molecular complexity index is 223. The summed E-state index contributed by atoms with van der Waals surface area (Å²) in [7, 11) is 0. The summed E-state index contributed by atoms with van der Waals surface area (Å²) in [5.74, 6) is 1.59. The van der Waals surface area contributed by atoms with Crippen molar-refractivity contribution in [3.05, 3.63) is 24.5 Å². The van der Waals surface area contributed by atoms with E-state index in [1.54, 1.807) is 0 Å². The normalized spacial score (nSPS) is 23.1. The highest BCUT2D eigenvalue weighted by Gasteiger charge is 2.14. The highest BCUT2D eigenvalue weighted by Crippen LogP contribution is 2.25. The van der Waals surface area contributed by atoms with E-state index in [9.17, 15) is 0 Å². The molecule has 2 unspecified atom stereocenters. The standard InChI is InChI=1S/C12H20O3/c1-3-11-4-6-12(7-5-11)15-10(2)14-9-8-13/h3,6,10-11,13H,1,4-5,7-9H2,2H3. The zero-order chi connectivity index (χ0) is 11.1. The quantitative estimate of drug-likeness (QED) is 0.542. The Kier molecular flexibility index (Phi) is 5.43. The minimum Gasteiger partial charge on any atom is -0.470 e. The number of ether oxygens (including phenoxy) is 2. The van der Waals surface area contributed by atoms with Crippen molar-refractivity contribution in [3.63, 3.8) is 0 Å². The molecule has 0 heterocycles. The fourth-order valence-electron chi connectivity index (χ4n) is 1.62. The molecule has 1 rings (SSSR count). The van der Waals surface area contributed by atoms with Crippen LogP contribution in [0.4, 0.5) is 0 Å². The molecule has 86 valence electrons. The van der Waals surface area contributed by atoms with Crippen LogP contribution in [0, 0.1) is 5.92 Å². The van der Waals surface area contributed by atoms with E-state index in [1.807, 2.05) is 13.0 Å². The second-order valence-electron chi connectivity index (χ2n) is 3.72. The van der Waals surface area contributed by atoms with Crippen LogP contribution in [-0.2, 0) is 9.47 Å². The molecule has 0 saturated heterocycles. The van der Waals surface area contributed by atoms with Crippen LogP contribution in [-0.4, -0.2) is 24.6 Å². The number of hydrogen-bond donors (Lipinski definition) is 1. The molecule has 0 amide bonds. The Balaban J connectivity index is 2.27. The fourth-order valence-corrected chi connectivity index (χ4v) is 1.62. The maximum Gasteiger partial charge on any atom is 0.196 e. The zero-order valence-electron chi connectivity index (χ0n) is 9.32. The molecular weight excluding hydrogens is 192 g/mol. The molecule has 0 aromatic carbocycles. The van der Waals surface area contributed by atoms with E-state index in [4.69, 9.17) is 14.6 Å². The van der Waals surface area contributed by atoms with Gasteiger partial charge in [0.15, 0.2) is 6.29 Å². The van der Waals surface area contributed by atoms with Crippen molar-refractivity contribution in [2.75, 3.05) is 13.2 Å². The van der Waals surface area contributed by atoms with Gasteiger partial charge in [-0.15, -0.1) is 6.58 Å². The predicted molar refractivity (Wildman–Crippen MR) is 59.2 cm³/mol. The smallest absolute Gasteiger partial charge is 0.196 e. The summed E-state index contributed by atoms with van der Waals surface area (Å²) in [5, 5.41) is 8.58. The van der Waals surface area contributed by atoms with Crippen molar-refractivity contribution < 1.29 is 14.6 Å². The van der Waals surface area contributed by atoms with Crippen LogP contribution < -0.4 is 0 Å². The van der Waals surface area contributed by atoms with Crippen LogP contribution in [0.1, 0.15) is 26.2 Å². The lowest BCUT2D eigenvalue weighted by Crippen LogP contribution is -2.16. The van der Waals surface area contributed by atoms with E-state index in [-0.39, 0.29) is 12.9 Å². The molecule has 0 fully saturated rings. The maximum atomic E-state index is 8.58. The monoisotopic (exact) mass is 212 g/mol. The van der Waals surface area contributed by atoms with Crippen molar-refractivity contribution >= 4 is 0 Å². The highest BCUT2D eigenvalue weighted by molar-refractivity contribution is 5.02. The molecule has 0 spiro atoms. The fraction of sp³-hybridized carbons (Fsp3) is 0.667. The molecule has 0 aliphatic heterocycles. The third-order valence-electron chi connectivity index (χ3n) is 2.50. The van der Waals surface area contributed by atoms with E-state index in [1.165, 1.54) is 0 Å². The Labute approximate surface area is 91.4 Å². The van der Waals surface area contributed by atoms with Crippen LogP contribution in [0.25, 0.3) is 0 Å². The lowest BCUT2D eigenvalue weighted by Gasteiger charge is -2.22. The number of allylic oxidation sites excluding steroid dienone is 3. The van der Waals surface area contributed by atoms with Crippen LogP contribution in [0.3, 0.4) is 0 Å². The maximum absolute atomic E-state index is 8.58. The number of aliphatic hydroxyl groups is 1. The summed E-state index contributed by atoms with van der Waals surface area (Å²) in [5.41, 5.74) is 0. The van der Waals surface area contributed by atoms with Gasteiger partial charge in [0.2, 0.25) is 0 Å². The Morgan fingerprint density at radius 3 is 3.07 bits per heavy atom. The number of rotatable bonds is 6. The van der Waals surface area contributed by atoms with Gasteiger partial charge >= 0.3 is 0 Å². The topological polar surface area (TPSA) is 38.7 Å². The second-order valence-corrected chi connectivity index (χ2v) is 3.72. The van der Waals surface area contributed by atoms with Crippen molar-refractivity contribution in [2.45, 2.75) is 32.5 Å². The zero-order valence-corrected chi connectivity index (χ0v) is 9.32. The summed E-state index contributed by atoms with van der Waals surface area (Å²) >= 11 is 0. The Morgan fingerprint density at radius 1 is 1.73 bits per heavy atom. The Hall–Kier alpha value is -0.800. The van der Waals surface area contributed by atoms with Crippen LogP contribution in [0.15, 0.2) is 24.5 Å². The molecule has 3 heteroatoms. The van der Waals surface area contributed by atoms with Gasteiger partial charge in [0.05, 0.1) is 19.0 Å². The van der Waals surface area contributed by atoms with E-state index >= 15 is 0 Å². The number of aliphatic hydroxyl groups excluding tert-OH is 1. The molecule has 1 aliphatic rings. The average molecular weight is 212 g/mol. The largest absolute Gasteiger partial charge is 0.470 e.